The molecule has 1 heterocycles. The van der Waals surface area contributed by atoms with Gasteiger partial charge in [0.1, 0.15) is 11.5 Å². The van der Waals surface area contributed by atoms with Gasteiger partial charge in [0.2, 0.25) is 0 Å². The number of hydroxylamine groups is 1. The van der Waals surface area contributed by atoms with Gasteiger partial charge in [-0.25, -0.2) is 13.9 Å². The first kappa shape index (κ1) is 22.4. The van der Waals surface area contributed by atoms with Gasteiger partial charge >= 0.3 is 0 Å². The monoisotopic (exact) mass is 446 g/mol. The summed E-state index contributed by atoms with van der Waals surface area (Å²) in [5, 5.41) is 12.7. The molecule has 0 spiro atoms. The van der Waals surface area contributed by atoms with E-state index in [1.807, 2.05) is 0 Å². The van der Waals surface area contributed by atoms with Crippen molar-refractivity contribution < 1.29 is 23.2 Å². The molecule has 0 aliphatic carbocycles. The van der Waals surface area contributed by atoms with E-state index in [0.717, 1.165) is 0 Å². The van der Waals surface area contributed by atoms with Crippen LogP contribution in [-0.2, 0) is 14.6 Å². The third-order valence-corrected chi connectivity index (χ3v) is 7.39. The van der Waals surface area contributed by atoms with E-state index in [9.17, 15) is 13.2 Å². The Bertz CT molecular complexity index is 912. The number of piperidine rings is 1. The molecule has 0 unspecified atom stereocenters. The Balaban J connectivity index is 0.00000280. The highest BCUT2D eigenvalue weighted by Gasteiger charge is 2.51. The summed E-state index contributed by atoms with van der Waals surface area (Å²) in [6.07, 6.45) is 0.148. The lowest BCUT2D eigenvalue weighted by Gasteiger charge is -2.34. The van der Waals surface area contributed by atoms with E-state index in [0.29, 0.717) is 29.6 Å². The second-order valence-corrected chi connectivity index (χ2v) is 8.91. The van der Waals surface area contributed by atoms with Crippen molar-refractivity contribution in [2.45, 2.75) is 22.5 Å². The lowest BCUT2D eigenvalue weighted by molar-refractivity contribution is -0.132. The van der Waals surface area contributed by atoms with Crippen molar-refractivity contribution in [1.82, 2.24) is 10.8 Å². The Morgan fingerprint density at radius 3 is 2.04 bits per heavy atom. The van der Waals surface area contributed by atoms with E-state index in [-0.39, 0.29) is 30.1 Å². The second-order valence-electron chi connectivity index (χ2n) is 6.22. The summed E-state index contributed by atoms with van der Waals surface area (Å²) in [7, 11) is -4.02. The van der Waals surface area contributed by atoms with Gasteiger partial charge in [-0.15, -0.1) is 12.4 Å². The molecule has 0 atom stereocenters. The second kappa shape index (κ2) is 9.11. The van der Waals surface area contributed by atoms with Crippen LogP contribution in [0.3, 0.4) is 0 Å². The molecule has 1 aliphatic heterocycles. The number of carbonyl (C=O) groups excluding carboxylic acids is 1. The van der Waals surface area contributed by atoms with Gasteiger partial charge in [0, 0.05) is 5.02 Å². The minimum Gasteiger partial charge on any atom is -0.457 e. The molecule has 152 valence electrons. The van der Waals surface area contributed by atoms with Gasteiger partial charge in [-0.05, 0) is 74.5 Å². The average Bonchev–Trinajstić information content (AvgIpc) is 2.70. The van der Waals surface area contributed by atoms with Crippen LogP contribution in [0.2, 0.25) is 5.02 Å². The number of hydrogen-bond acceptors (Lipinski definition) is 6. The van der Waals surface area contributed by atoms with Crippen molar-refractivity contribution in [2.24, 2.45) is 0 Å². The Hall–Kier alpha value is -1.84. The summed E-state index contributed by atoms with van der Waals surface area (Å²) in [5.41, 5.74) is 1.52. The molecule has 1 aliphatic rings. The summed E-state index contributed by atoms with van der Waals surface area (Å²) in [6.45, 7) is 0.731. The quantitative estimate of drug-likeness (QED) is 0.481. The topological polar surface area (TPSA) is 105 Å². The number of ether oxygens (including phenoxy) is 1. The van der Waals surface area contributed by atoms with Crippen molar-refractivity contribution in [3.8, 4) is 11.5 Å². The van der Waals surface area contributed by atoms with Crippen molar-refractivity contribution in [3.05, 3.63) is 53.6 Å². The first-order valence-corrected chi connectivity index (χ1v) is 10.2. The number of sulfone groups is 1. The van der Waals surface area contributed by atoms with Crippen LogP contribution >= 0.6 is 24.0 Å². The molecule has 2 aromatic rings. The van der Waals surface area contributed by atoms with Crippen LogP contribution in [-0.4, -0.2) is 37.4 Å². The molecule has 0 bridgehead atoms. The molecule has 10 heteroatoms. The number of hydrogen-bond donors (Lipinski definition) is 3. The smallest absolute Gasteiger partial charge is 0.265 e. The van der Waals surface area contributed by atoms with Crippen molar-refractivity contribution in [2.75, 3.05) is 13.1 Å². The van der Waals surface area contributed by atoms with E-state index in [2.05, 4.69) is 5.32 Å². The van der Waals surface area contributed by atoms with Crippen LogP contribution < -0.4 is 15.5 Å². The van der Waals surface area contributed by atoms with Crippen molar-refractivity contribution >= 4 is 39.8 Å². The van der Waals surface area contributed by atoms with Crippen molar-refractivity contribution in [3.63, 3.8) is 0 Å². The number of halogens is 2. The third kappa shape index (κ3) is 4.26. The van der Waals surface area contributed by atoms with E-state index >= 15 is 0 Å². The molecular formula is C18H20Cl2N2O5S. The summed E-state index contributed by atoms with van der Waals surface area (Å²) in [6, 6.07) is 12.6. The first-order chi connectivity index (χ1) is 12.9. The van der Waals surface area contributed by atoms with E-state index in [1.54, 1.807) is 24.3 Å². The SMILES string of the molecule is Cl.O=C(NO)C1(S(=O)(=O)c2ccc(Oc3ccc(Cl)cc3)cc2)CCNCC1. The molecule has 3 rings (SSSR count). The lowest BCUT2D eigenvalue weighted by atomic mass is 9.96. The minimum absolute atomic E-state index is 0. The molecule has 7 nitrogen and oxygen atoms in total. The predicted molar refractivity (Wildman–Crippen MR) is 107 cm³/mol. The maximum Gasteiger partial charge on any atom is 0.265 e. The maximum absolute atomic E-state index is 13.2. The number of nitrogens with one attached hydrogen (secondary N) is 2. The number of amides is 1. The Labute approximate surface area is 174 Å². The largest absolute Gasteiger partial charge is 0.457 e. The molecule has 1 amide bonds. The normalized spacial score (nSPS) is 15.9. The molecule has 28 heavy (non-hydrogen) atoms. The maximum atomic E-state index is 13.2. The van der Waals surface area contributed by atoms with Crippen LogP contribution in [0.25, 0.3) is 0 Å². The molecule has 1 saturated heterocycles. The number of benzene rings is 2. The van der Waals surface area contributed by atoms with Crippen molar-refractivity contribution in [1.29, 1.82) is 0 Å². The molecule has 0 saturated carbocycles. The standard InChI is InChI=1S/C18H19ClN2O5S.ClH/c19-13-1-3-14(4-2-13)26-15-5-7-16(8-6-15)27(24,25)18(17(22)21-23)9-11-20-12-10-18;/h1-8,20,23H,9-12H2,(H,21,22);1H. The average molecular weight is 447 g/mol. The van der Waals surface area contributed by atoms with Crippen LogP contribution in [0.15, 0.2) is 53.4 Å². The minimum atomic E-state index is -4.02. The van der Waals surface area contributed by atoms with Crippen LogP contribution in [0, 0.1) is 0 Å². The summed E-state index contributed by atoms with van der Waals surface area (Å²) in [4.78, 5) is 12.2. The fourth-order valence-electron chi connectivity index (χ4n) is 3.10. The summed E-state index contributed by atoms with van der Waals surface area (Å²) in [5.74, 6) is 0.0947. The van der Waals surface area contributed by atoms with Crippen LogP contribution in [0.4, 0.5) is 0 Å². The van der Waals surface area contributed by atoms with Gasteiger partial charge in [0.05, 0.1) is 4.90 Å². The highest BCUT2D eigenvalue weighted by molar-refractivity contribution is 7.93. The third-order valence-electron chi connectivity index (χ3n) is 4.62. The van der Waals surface area contributed by atoms with Gasteiger partial charge in [-0.2, -0.15) is 0 Å². The fourth-order valence-corrected chi connectivity index (χ4v) is 5.20. The fraction of sp³-hybridized carbons (Fsp3) is 0.278. The number of rotatable bonds is 5. The lowest BCUT2D eigenvalue weighted by Crippen LogP contribution is -2.57. The van der Waals surface area contributed by atoms with E-state index < -0.39 is 20.5 Å². The number of carbonyl (C=O) groups is 1. The molecule has 1 fully saturated rings. The predicted octanol–water partition coefficient (Wildman–Crippen LogP) is 2.96. The summed E-state index contributed by atoms with van der Waals surface area (Å²) < 4.78 is 30.3. The van der Waals surface area contributed by atoms with Gasteiger partial charge in [-0.1, -0.05) is 11.6 Å². The Morgan fingerprint density at radius 1 is 1.04 bits per heavy atom. The Morgan fingerprint density at radius 2 is 1.54 bits per heavy atom. The molecular weight excluding hydrogens is 427 g/mol. The van der Waals surface area contributed by atoms with Gasteiger partial charge < -0.3 is 10.1 Å². The Kier molecular flexibility index (Phi) is 7.30. The van der Waals surface area contributed by atoms with Gasteiger partial charge in [0.25, 0.3) is 5.91 Å². The van der Waals surface area contributed by atoms with E-state index in [4.69, 9.17) is 21.5 Å². The zero-order valence-corrected chi connectivity index (χ0v) is 17.1. The molecule has 0 radical (unpaired) electrons. The highest BCUT2D eigenvalue weighted by atomic mass is 35.5. The van der Waals surface area contributed by atoms with Crippen LogP contribution in [0.5, 0.6) is 11.5 Å². The molecule has 3 N–H and O–H groups in total. The molecule has 2 aromatic carbocycles. The first-order valence-electron chi connectivity index (χ1n) is 8.32. The van der Waals surface area contributed by atoms with Gasteiger partial charge in [0.15, 0.2) is 14.6 Å². The van der Waals surface area contributed by atoms with Crippen LogP contribution in [0.1, 0.15) is 12.8 Å². The highest BCUT2D eigenvalue weighted by Crippen LogP contribution is 2.35. The molecule has 0 aromatic heterocycles. The zero-order valence-electron chi connectivity index (χ0n) is 14.7. The summed E-state index contributed by atoms with van der Waals surface area (Å²) >= 11 is 5.83. The van der Waals surface area contributed by atoms with E-state index in [1.165, 1.54) is 29.7 Å². The van der Waals surface area contributed by atoms with Gasteiger partial charge in [-0.3, -0.25) is 10.0 Å². The zero-order chi connectivity index (χ0) is 19.5.